The van der Waals surface area contributed by atoms with Gasteiger partial charge in [0.05, 0.1) is 11.7 Å². The monoisotopic (exact) mass is 389 g/mol. The number of rotatable bonds is 3. The van der Waals surface area contributed by atoms with Gasteiger partial charge in [-0.3, -0.25) is 4.90 Å². The highest BCUT2D eigenvalue weighted by Crippen LogP contribution is 2.38. The number of nitrogens with zero attached hydrogens (tertiary/aromatic N) is 1. The number of aromatic hydroxyl groups is 1. The maximum absolute atomic E-state index is 13.4. The summed E-state index contributed by atoms with van der Waals surface area (Å²) in [5.41, 5.74) is 6.51. The van der Waals surface area contributed by atoms with Crippen LogP contribution in [0.5, 0.6) is 5.75 Å². The van der Waals surface area contributed by atoms with Crippen LogP contribution in [0.4, 0.5) is 10.1 Å². The molecule has 0 bridgehead atoms. The number of hydrogen-bond acceptors (Lipinski definition) is 4. The van der Waals surface area contributed by atoms with Crippen LogP contribution in [0.1, 0.15) is 11.6 Å². The van der Waals surface area contributed by atoms with E-state index in [4.69, 9.17) is 5.73 Å². The van der Waals surface area contributed by atoms with E-state index < -0.39 is 12.7 Å². The Kier molecular flexibility index (Phi) is 8.77. The third-order valence-corrected chi connectivity index (χ3v) is 3.96. The number of phenolic OH excluding ortho intramolecular Hbond substituents is 1. The maximum Gasteiger partial charge on any atom is 0.144 e. The number of anilines is 1. The van der Waals surface area contributed by atoms with Crippen LogP contribution >= 0.6 is 40.7 Å². The van der Waals surface area contributed by atoms with Crippen LogP contribution in [-0.2, 0) is 0 Å². The molecule has 4 N–H and O–H groups in total. The third-order valence-electron chi connectivity index (χ3n) is 3.27. The highest BCUT2D eigenvalue weighted by atomic mass is 79.9. The van der Waals surface area contributed by atoms with Gasteiger partial charge in [-0.1, -0.05) is 15.9 Å². The van der Waals surface area contributed by atoms with Gasteiger partial charge in [0.1, 0.15) is 12.4 Å². The zero-order chi connectivity index (χ0) is 13.1. The molecule has 1 fully saturated rings. The summed E-state index contributed by atoms with van der Waals surface area (Å²) < 4.78 is 14.1. The van der Waals surface area contributed by atoms with Crippen molar-refractivity contribution in [2.45, 2.75) is 6.04 Å². The molecule has 0 aromatic heterocycles. The molecule has 116 valence electrons. The van der Waals surface area contributed by atoms with Crippen LogP contribution in [0.2, 0.25) is 0 Å². The highest BCUT2D eigenvalue weighted by molar-refractivity contribution is 9.10. The molecule has 4 nitrogen and oxygen atoms in total. The Morgan fingerprint density at radius 2 is 1.95 bits per heavy atom. The second-order valence-corrected chi connectivity index (χ2v) is 5.21. The summed E-state index contributed by atoms with van der Waals surface area (Å²) in [4.78, 5) is 2.02. The standard InChI is InChI=1S/C12H17BrFN3O.2ClH/c13-8-1-2-9(15)12(18)11(8)10(7-14)17-5-3-16-4-6-17;;/h1-2,10,16,18H,3-7,15H2;2*1H/t10-;;/m0../s1. The molecule has 0 unspecified atom stereocenters. The molecule has 0 saturated carbocycles. The molecule has 1 saturated heterocycles. The van der Waals surface area contributed by atoms with Gasteiger partial charge in [0.15, 0.2) is 0 Å². The first-order valence-electron chi connectivity index (χ1n) is 5.92. The van der Waals surface area contributed by atoms with Gasteiger partial charge in [-0.15, -0.1) is 24.8 Å². The summed E-state index contributed by atoms with van der Waals surface area (Å²) in [6.07, 6.45) is 0. The molecule has 0 spiro atoms. The fraction of sp³-hybridized carbons (Fsp3) is 0.500. The van der Waals surface area contributed by atoms with Gasteiger partial charge in [0.2, 0.25) is 0 Å². The highest BCUT2D eigenvalue weighted by Gasteiger charge is 2.27. The molecule has 0 amide bonds. The molecule has 1 aromatic carbocycles. The second-order valence-electron chi connectivity index (χ2n) is 4.35. The van der Waals surface area contributed by atoms with E-state index in [1.807, 2.05) is 4.90 Å². The number of alkyl halides is 1. The average molecular weight is 391 g/mol. The van der Waals surface area contributed by atoms with Gasteiger partial charge in [0, 0.05) is 36.2 Å². The van der Waals surface area contributed by atoms with Gasteiger partial charge in [0.25, 0.3) is 0 Å². The van der Waals surface area contributed by atoms with Crippen LogP contribution in [-0.4, -0.2) is 42.9 Å². The first-order chi connectivity index (χ1) is 8.65. The van der Waals surface area contributed by atoms with Gasteiger partial charge in [-0.05, 0) is 12.1 Å². The molecule has 1 atom stereocenters. The van der Waals surface area contributed by atoms with E-state index >= 15 is 0 Å². The number of nitrogens with one attached hydrogen (secondary N) is 1. The summed E-state index contributed by atoms with van der Waals surface area (Å²) in [5, 5.41) is 13.3. The van der Waals surface area contributed by atoms with Crippen LogP contribution in [0.25, 0.3) is 0 Å². The fourth-order valence-corrected chi connectivity index (χ4v) is 2.85. The molecule has 1 aromatic rings. The summed E-state index contributed by atoms with van der Waals surface area (Å²) in [6, 6.07) is 2.90. The maximum atomic E-state index is 13.4. The average Bonchev–Trinajstić information content (AvgIpc) is 2.40. The molecule has 1 aliphatic rings. The van der Waals surface area contributed by atoms with E-state index in [9.17, 15) is 9.50 Å². The van der Waals surface area contributed by atoms with Gasteiger partial charge < -0.3 is 16.2 Å². The Labute approximate surface area is 138 Å². The number of nitrogen functional groups attached to an aromatic ring is 1. The summed E-state index contributed by atoms with van der Waals surface area (Å²) in [5.74, 6) is -0.0226. The lowest BCUT2D eigenvalue weighted by Crippen LogP contribution is -2.45. The van der Waals surface area contributed by atoms with Gasteiger partial charge in [-0.25, -0.2) is 4.39 Å². The molecule has 2 rings (SSSR count). The topological polar surface area (TPSA) is 61.5 Å². The number of benzene rings is 1. The van der Waals surface area contributed by atoms with E-state index in [0.717, 1.165) is 26.2 Å². The van der Waals surface area contributed by atoms with Crippen molar-refractivity contribution in [3.05, 3.63) is 22.2 Å². The SMILES string of the molecule is Cl.Cl.Nc1ccc(Br)c([C@H](CF)N2CCNCC2)c1O. The molecule has 8 heteroatoms. The van der Waals surface area contributed by atoms with Crippen LogP contribution < -0.4 is 11.1 Å². The third kappa shape index (κ3) is 4.11. The zero-order valence-electron chi connectivity index (χ0n) is 10.8. The molecule has 0 aliphatic carbocycles. The van der Waals surface area contributed by atoms with Crippen molar-refractivity contribution in [3.8, 4) is 5.75 Å². The Bertz CT molecular complexity index is 433. The van der Waals surface area contributed by atoms with Crippen molar-refractivity contribution in [1.29, 1.82) is 0 Å². The lowest BCUT2D eigenvalue weighted by atomic mass is 10.0. The summed E-state index contributed by atoms with van der Waals surface area (Å²) in [6.45, 7) is 2.63. The predicted octanol–water partition coefficient (Wildman–Crippen LogP) is 2.50. The molecular weight excluding hydrogens is 372 g/mol. The Morgan fingerprint density at radius 1 is 1.35 bits per heavy atom. The normalized spacial score (nSPS) is 16.9. The number of phenols is 1. The van der Waals surface area contributed by atoms with Crippen molar-refractivity contribution in [2.75, 3.05) is 38.6 Å². The largest absolute Gasteiger partial charge is 0.505 e. The molecule has 20 heavy (non-hydrogen) atoms. The van der Waals surface area contributed by atoms with E-state index in [0.29, 0.717) is 10.0 Å². The molecule has 1 heterocycles. The fourth-order valence-electron chi connectivity index (χ4n) is 2.27. The first-order valence-corrected chi connectivity index (χ1v) is 6.72. The molecule has 1 aliphatic heterocycles. The van der Waals surface area contributed by atoms with Gasteiger partial charge in [-0.2, -0.15) is 0 Å². The number of hydrogen-bond donors (Lipinski definition) is 3. The van der Waals surface area contributed by atoms with E-state index in [2.05, 4.69) is 21.2 Å². The van der Waals surface area contributed by atoms with Crippen molar-refractivity contribution >= 4 is 46.4 Å². The smallest absolute Gasteiger partial charge is 0.144 e. The van der Waals surface area contributed by atoms with Crippen LogP contribution in [0, 0.1) is 0 Å². The molecule has 0 radical (unpaired) electrons. The summed E-state index contributed by atoms with van der Waals surface area (Å²) in [7, 11) is 0. The minimum Gasteiger partial charge on any atom is -0.505 e. The van der Waals surface area contributed by atoms with Crippen LogP contribution in [0.15, 0.2) is 16.6 Å². The van der Waals surface area contributed by atoms with Crippen molar-refractivity contribution in [1.82, 2.24) is 10.2 Å². The number of piperazine rings is 1. The van der Waals surface area contributed by atoms with Gasteiger partial charge >= 0.3 is 0 Å². The predicted molar refractivity (Wildman–Crippen MR) is 87.9 cm³/mol. The minimum atomic E-state index is -0.546. The van der Waals surface area contributed by atoms with Crippen molar-refractivity contribution < 1.29 is 9.50 Å². The Morgan fingerprint density at radius 3 is 2.50 bits per heavy atom. The Hall–Kier alpha value is -0.270. The lowest BCUT2D eigenvalue weighted by Gasteiger charge is -2.34. The Balaban J connectivity index is 0.00000180. The van der Waals surface area contributed by atoms with Crippen LogP contribution in [0.3, 0.4) is 0 Å². The number of halogens is 4. The zero-order valence-corrected chi connectivity index (χ0v) is 14.0. The first kappa shape index (κ1) is 19.7. The van der Waals surface area contributed by atoms with Crippen molar-refractivity contribution in [2.24, 2.45) is 0 Å². The summed E-state index contributed by atoms with van der Waals surface area (Å²) >= 11 is 3.36. The molecular formula is C12H19BrCl2FN3O. The van der Waals surface area contributed by atoms with E-state index in [1.54, 1.807) is 12.1 Å². The van der Waals surface area contributed by atoms with E-state index in [1.165, 1.54) is 0 Å². The minimum absolute atomic E-state index is 0. The number of nitrogens with two attached hydrogens (primary N) is 1. The van der Waals surface area contributed by atoms with E-state index in [-0.39, 0.29) is 36.3 Å². The second kappa shape index (κ2) is 8.89. The lowest BCUT2D eigenvalue weighted by molar-refractivity contribution is 0.145. The quantitative estimate of drug-likeness (QED) is 0.548. The van der Waals surface area contributed by atoms with Crippen molar-refractivity contribution in [3.63, 3.8) is 0 Å².